The molecule has 2 heterocycles. The number of hydrogen-bond donors (Lipinski definition) is 2. The van der Waals surface area contributed by atoms with Gasteiger partial charge in [-0.2, -0.15) is 4.98 Å². The third kappa shape index (κ3) is 2.56. The van der Waals surface area contributed by atoms with Crippen LogP contribution in [0.15, 0.2) is 6.20 Å². The first-order valence-corrected chi connectivity index (χ1v) is 5.09. The van der Waals surface area contributed by atoms with E-state index in [4.69, 9.17) is 4.74 Å². The van der Waals surface area contributed by atoms with Crippen LogP contribution in [0.4, 0.5) is 16.2 Å². The highest BCUT2D eigenvalue weighted by molar-refractivity contribution is 5.39. The highest BCUT2D eigenvalue weighted by Gasteiger charge is 2.13. The minimum Gasteiger partial charge on any atom is -0.379 e. The van der Waals surface area contributed by atoms with Gasteiger partial charge < -0.3 is 15.5 Å². The summed E-state index contributed by atoms with van der Waals surface area (Å²) in [6.45, 7) is 2.69. The van der Waals surface area contributed by atoms with E-state index >= 15 is 0 Å². The van der Waals surface area contributed by atoms with Crippen LogP contribution >= 0.6 is 0 Å². The molecule has 0 atom stereocenters. The van der Waals surface area contributed by atoms with Gasteiger partial charge >= 0.3 is 0 Å². The Labute approximate surface area is 92.8 Å². The number of ether oxygens (including phenoxy) is 1. The third-order valence-corrected chi connectivity index (χ3v) is 2.24. The zero-order valence-electron chi connectivity index (χ0n) is 9.03. The van der Waals surface area contributed by atoms with E-state index in [0.717, 1.165) is 6.20 Å². The summed E-state index contributed by atoms with van der Waals surface area (Å²) in [6.07, 6.45) is 1.14. The second-order valence-electron chi connectivity index (χ2n) is 3.35. The number of hydrazine groups is 1. The first-order chi connectivity index (χ1) is 7.79. The molecule has 0 radical (unpaired) electrons. The smallest absolute Gasteiger partial charge is 0.224 e. The third-order valence-electron chi connectivity index (χ3n) is 2.24. The Bertz CT molecular complexity index is 356. The van der Waals surface area contributed by atoms with Gasteiger partial charge in [0.2, 0.25) is 5.95 Å². The van der Waals surface area contributed by atoms with Crippen molar-refractivity contribution in [3.63, 3.8) is 0 Å². The van der Waals surface area contributed by atoms with Crippen molar-refractivity contribution in [2.45, 2.75) is 0 Å². The molecule has 1 saturated heterocycles. The summed E-state index contributed by atoms with van der Waals surface area (Å²) in [5.41, 5.74) is 2.91. The molecule has 0 unspecified atom stereocenters. The topological polar surface area (TPSA) is 62.3 Å². The molecule has 0 aromatic carbocycles. The second kappa shape index (κ2) is 5.04. The summed E-state index contributed by atoms with van der Waals surface area (Å²) in [5.74, 6) is 0.101. The van der Waals surface area contributed by atoms with Crippen LogP contribution in [0.5, 0.6) is 0 Å². The molecule has 0 amide bonds. The Morgan fingerprint density at radius 1 is 1.44 bits per heavy atom. The predicted octanol–water partition coefficient (Wildman–Crippen LogP) is 0.316. The lowest BCUT2D eigenvalue weighted by atomic mass is 10.5. The predicted molar refractivity (Wildman–Crippen MR) is 57.6 cm³/mol. The van der Waals surface area contributed by atoms with E-state index in [2.05, 4.69) is 20.7 Å². The number of nitrogens with zero attached hydrogens (tertiary/aromatic N) is 3. The van der Waals surface area contributed by atoms with Crippen molar-refractivity contribution >= 4 is 11.8 Å². The lowest BCUT2D eigenvalue weighted by Crippen LogP contribution is -2.40. The van der Waals surface area contributed by atoms with Gasteiger partial charge in [-0.25, -0.2) is 14.4 Å². The first-order valence-electron chi connectivity index (χ1n) is 5.09. The van der Waals surface area contributed by atoms with Gasteiger partial charge in [0.25, 0.3) is 0 Å². The normalized spacial score (nSPS) is 17.1. The second-order valence-corrected chi connectivity index (χ2v) is 3.35. The van der Waals surface area contributed by atoms with Crippen molar-refractivity contribution in [3.8, 4) is 0 Å². The molecule has 2 N–H and O–H groups in total. The average molecular weight is 227 g/mol. The minimum absolute atomic E-state index is 0.182. The zero-order chi connectivity index (χ0) is 11.4. The fourth-order valence-electron chi connectivity index (χ4n) is 1.39. The van der Waals surface area contributed by atoms with Gasteiger partial charge in [-0.1, -0.05) is 0 Å². The minimum atomic E-state index is -0.467. The van der Waals surface area contributed by atoms with E-state index in [1.165, 1.54) is 0 Å². The van der Waals surface area contributed by atoms with Crippen LogP contribution < -0.4 is 10.7 Å². The fourth-order valence-corrected chi connectivity index (χ4v) is 1.39. The number of halogens is 1. The number of morpholine rings is 1. The van der Waals surface area contributed by atoms with Gasteiger partial charge in [-0.3, -0.25) is 0 Å². The maximum absolute atomic E-state index is 13.4. The molecule has 0 aliphatic carbocycles. The van der Waals surface area contributed by atoms with Crippen molar-refractivity contribution in [2.75, 3.05) is 44.1 Å². The maximum Gasteiger partial charge on any atom is 0.224 e. The van der Waals surface area contributed by atoms with E-state index in [1.54, 1.807) is 7.05 Å². The molecule has 1 aromatic rings. The Morgan fingerprint density at radius 3 is 2.88 bits per heavy atom. The summed E-state index contributed by atoms with van der Waals surface area (Å²) in [6, 6.07) is 0. The van der Waals surface area contributed by atoms with E-state index < -0.39 is 5.82 Å². The van der Waals surface area contributed by atoms with Crippen LogP contribution in [0.25, 0.3) is 0 Å². The largest absolute Gasteiger partial charge is 0.379 e. The van der Waals surface area contributed by atoms with Crippen LogP contribution in [0, 0.1) is 5.82 Å². The van der Waals surface area contributed by atoms with E-state index in [9.17, 15) is 4.39 Å². The SMILES string of the molecule is CNc1ncc(F)c(NN2CCOCC2)n1. The Morgan fingerprint density at radius 2 is 2.19 bits per heavy atom. The summed E-state index contributed by atoms with van der Waals surface area (Å²) < 4.78 is 18.6. The molecule has 0 saturated carbocycles. The van der Waals surface area contributed by atoms with Gasteiger partial charge in [-0.15, -0.1) is 0 Å². The van der Waals surface area contributed by atoms with Crippen LogP contribution in [0.2, 0.25) is 0 Å². The molecule has 1 fully saturated rings. The number of anilines is 2. The molecular weight excluding hydrogens is 213 g/mol. The van der Waals surface area contributed by atoms with Gasteiger partial charge in [0, 0.05) is 20.1 Å². The number of hydrogen-bond acceptors (Lipinski definition) is 6. The number of rotatable bonds is 3. The molecule has 0 spiro atoms. The molecule has 1 aliphatic heterocycles. The van der Waals surface area contributed by atoms with Crippen molar-refractivity contribution in [3.05, 3.63) is 12.0 Å². The molecule has 88 valence electrons. The van der Waals surface area contributed by atoms with E-state index in [1.807, 2.05) is 5.01 Å². The molecule has 7 heteroatoms. The molecule has 0 bridgehead atoms. The molecule has 2 rings (SSSR count). The fraction of sp³-hybridized carbons (Fsp3) is 0.556. The summed E-state index contributed by atoms with van der Waals surface area (Å²) in [4.78, 5) is 7.76. The quantitative estimate of drug-likeness (QED) is 0.775. The van der Waals surface area contributed by atoms with E-state index in [-0.39, 0.29) is 5.82 Å². The van der Waals surface area contributed by atoms with Gasteiger partial charge in [0.05, 0.1) is 19.4 Å². The average Bonchev–Trinajstić information content (AvgIpc) is 2.33. The lowest BCUT2D eigenvalue weighted by molar-refractivity contribution is 0.0493. The van der Waals surface area contributed by atoms with E-state index in [0.29, 0.717) is 32.3 Å². The van der Waals surface area contributed by atoms with Crippen LogP contribution in [-0.4, -0.2) is 48.3 Å². The van der Waals surface area contributed by atoms with Crippen molar-refractivity contribution in [2.24, 2.45) is 0 Å². The van der Waals surface area contributed by atoms with Crippen molar-refractivity contribution < 1.29 is 9.13 Å². The molecule has 1 aromatic heterocycles. The van der Waals surface area contributed by atoms with Gasteiger partial charge in [0.15, 0.2) is 11.6 Å². The highest BCUT2D eigenvalue weighted by atomic mass is 19.1. The Balaban J connectivity index is 2.06. The van der Waals surface area contributed by atoms with Crippen LogP contribution in [-0.2, 0) is 4.74 Å². The van der Waals surface area contributed by atoms with Crippen LogP contribution in [0.1, 0.15) is 0 Å². The number of aromatic nitrogens is 2. The number of nitrogens with one attached hydrogen (secondary N) is 2. The highest BCUT2D eigenvalue weighted by Crippen LogP contribution is 2.12. The summed E-state index contributed by atoms with van der Waals surface area (Å²) >= 11 is 0. The lowest BCUT2D eigenvalue weighted by Gasteiger charge is -2.27. The molecule has 1 aliphatic rings. The summed E-state index contributed by atoms with van der Waals surface area (Å²) in [7, 11) is 1.69. The molecular formula is C9H14FN5O. The van der Waals surface area contributed by atoms with Gasteiger partial charge in [0.1, 0.15) is 0 Å². The Kier molecular flexibility index (Phi) is 3.47. The Hall–Kier alpha value is -1.47. The maximum atomic E-state index is 13.4. The standard InChI is InChI=1S/C9H14FN5O/c1-11-9-12-6-7(10)8(13-9)14-15-2-4-16-5-3-15/h6H,2-5H2,1H3,(H2,11,12,13,14). The monoisotopic (exact) mass is 227 g/mol. The van der Waals surface area contributed by atoms with Crippen molar-refractivity contribution in [1.82, 2.24) is 15.0 Å². The van der Waals surface area contributed by atoms with Crippen LogP contribution in [0.3, 0.4) is 0 Å². The van der Waals surface area contributed by atoms with Crippen molar-refractivity contribution in [1.29, 1.82) is 0 Å². The first kappa shape index (κ1) is 11.0. The zero-order valence-corrected chi connectivity index (χ0v) is 9.03. The van der Waals surface area contributed by atoms with Gasteiger partial charge in [-0.05, 0) is 0 Å². The molecule has 6 nitrogen and oxygen atoms in total. The summed E-state index contributed by atoms with van der Waals surface area (Å²) in [5, 5.41) is 4.63. The molecule has 16 heavy (non-hydrogen) atoms.